The lowest BCUT2D eigenvalue weighted by Gasteiger charge is -2.10. The van der Waals surface area contributed by atoms with E-state index >= 15 is 0 Å². The van der Waals surface area contributed by atoms with Crippen LogP contribution in [-0.4, -0.2) is 26.7 Å². The number of unbranched alkanes of at least 4 members (excludes halogenated alkanes) is 2. The molecule has 5 nitrogen and oxygen atoms in total. The van der Waals surface area contributed by atoms with Crippen molar-refractivity contribution in [3.05, 3.63) is 42.5 Å². The van der Waals surface area contributed by atoms with Crippen molar-refractivity contribution >= 4 is 16.1 Å². The minimum Gasteiger partial charge on any atom is -0.442 e. The van der Waals surface area contributed by atoms with E-state index in [0.29, 0.717) is 0 Å². The summed E-state index contributed by atoms with van der Waals surface area (Å²) in [5.41, 5.74) is 0.979. The molecular formula is C17H23NO4S. The predicted molar refractivity (Wildman–Crippen MR) is 89.9 cm³/mol. The van der Waals surface area contributed by atoms with Gasteiger partial charge < -0.3 is 9.47 Å². The maximum Gasteiger partial charge on any atom is 0.401 e. The number of benzene rings is 1. The summed E-state index contributed by atoms with van der Waals surface area (Å²) in [5, 5.41) is 0. The first-order valence-electron chi connectivity index (χ1n) is 7.83. The molecule has 1 aromatic carbocycles. The molecule has 1 saturated heterocycles. The van der Waals surface area contributed by atoms with E-state index < -0.39 is 10.0 Å². The minimum atomic E-state index is -3.84. The van der Waals surface area contributed by atoms with Crippen molar-refractivity contribution in [3.63, 3.8) is 0 Å². The molecule has 0 spiro atoms. The second kappa shape index (κ2) is 7.64. The zero-order chi connectivity index (χ0) is 16.9. The summed E-state index contributed by atoms with van der Waals surface area (Å²) in [6.07, 6.45) is 4.81. The fraction of sp³-hybridized carbons (Fsp3) is 0.471. The van der Waals surface area contributed by atoms with Crippen LogP contribution >= 0.6 is 0 Å². The monoisotopic (exact) mass is 337 g/mol. The summed E-state index contributed by atoms with van der Waals surface area (Å²) < 4.78 is 39.3. The Bertz CT molecular complexity index is 664. The van der Waals surface area contributed by atoms with Crippen molar-refractivity contribution in [1.82, 2.24) is 0 Å². The fourth-order valence-corrected chi connectivity index (χ4v) is 3.21. The first-order valence-corrected chi connectivity index (χ1v) is 9.27. The van der Waals surface area contributed by atoms with Gasteiger partial charge in [0, 0.05) is 0 Å². The van der Waals surface area contributed by atoms with Crippen molar-refractivity contribution in [1.29, 1.82) is 0 Å². The summed E-state index contributed by atoms with van der Waals surface area (Å²) in [6.45, 7) is 7.72. The molecule has 0 bridgehead atoms. The molecule has 0 radical (unpaired) electrons. The van der Waals surface area contributed by atoms with Crippen molar-refractivity contribution in [2.45, 2.75) is 56.6 Å². The van der Waals surface area contributed by atoms with Crippen LogP contribution in [0.4, 0.5) is 0 Å². The van der Waals surface area contributed by atoms with Crippen LogP contribution in [0.2, 0.25) is 0 Å². The number of ether oxygens (including phenoxy) is 2. The average molecular weight is 337 g/mol. The molecule has 2 rings (SSSR count). The first-order chi connectivity index (χ1) is 11.0. The maximum atomic E-state index is 12.3. The van der Waals surface area contributed by atoms with Gasteiger partial charge >= 0.3 is 6.08 Å². The molecule has 0 saturated carbocycles. The molecule has 1 aliphatic heterocycles. The van der Waals surface area contributed by atoms with E-state index in [1.807, 2.05) is 6.92 Å². The van der Waals surface area contributed by atoms with Crippen LogP contribution in [0.3, 0.4) is 0 Å². The van der Waals surface area contributed by atoms with E-state index in [-0.39, 0.29) is 23.2 Å². The van der Waals surface area contributed by atoms with Gasteiger partial charge in [0.25, 0.3) is 10.0 Å². The smallest absolute Gasteiger partial charge is 0.401 e. The summed E-state index contributed by atoms with van der Waals surface area (Å²) in [6, 6.07) is 6.49. The SMILES string of the molecule is C=C[C@H]1O/C(=N\S(=O)(=O)c2ccc(C)cc2)O[C@@H]1CCCCC. The molecule has 0 amide bonds. The number of nitrogens with zero attached hydrogens (tertiary/aromatic N) is 1. The first kappa shape index (κ1) is 17.5. The normalized spacial score (nSPS) is 22.6. The number of sulfonamides is 1. The molecule has 1 aliphatic rings. The van der Waals surface area contributed by atoms with Gasteiger partial charge in [0.05, 0.1) is 4.90 Å². The lowest BCUT2D eigenvalue weighted by molar-refractivity contribution is 0.176. The van der Waals surface area contributed by atoms with Gasteiger partial charge in [0.2, 0.25) is 0 Å². The van der Waals surface area contributed by atoms with Gasteiger partial charge in [-0.2, -0.15) is 8.42 Å². The largest absolute Gasteiger partial charge is 0.442 e. The fourth-order valence-electron chi connectivity index (χ4n) is 2.34. The molecule has 126 valence electrons. The Morgan fingerprint density at radius 3 is 2.52 bits per heavy atom. The quantitative estimate of drug-likeness (QED) is 0.563. The highest BCUT2D eigenvalue weighted by Gasteiger charge is 2.34. The Labute approximate surface area is 138 Å². The number of rotatable bonds is 7. The van der Waals surface area contributed by atoms with Crippen LogP contribution < -0.4 is 0 Å². The number of hydrogen-bond donors (Lipinski definition) is 0. The van der Waals surface area contributed by atoms with E-state index in [4.69, 9.17) is 9.47 Å². The highest BCUT2D eigenvalue weighted by Crippen LogP contribution is 2.23. The molecule has 23 heavy (non-hydrogen) atoms. The van der Waals surface area contributed by atoms with Crippen LogP contribution in [-0.2, 0) is 19.5 Å². The Morgan fingerprint density at radius 2 is 1.91 bits per heavy atom. The van der Waals surface area contributed by atoms with E-state index in [0.717, 1.165) is 31.2 Å². The zero-order valence-electron chi connectivity index (χ0n) is 13.6. The predicted octanol–water partition coefficient (Wildman–Crippen LogP) is 3.59. The van der Waals surface area contributed by atoms with Crippen LogP contribution in [0.5, 0.6) is 0 Å². The second-order valence-corrected chi connectivity index (χ2v) is 7.22. The van der Waals surface area contributed by atoms with Crippen molar-refractivity contribution in [2.75, 3.05) is 0 Å². The molecular weight excluding hydrogens is 314 g/mol. The molecule has 0 unspecified atom stereocenters. The molecule has 0 N–H and O–H groups in total. The van der Waals surface area contributed by atoms with E-state index in [1.54, 1.807) is 18.2 Å². The standard InChI is InChI=1S/C17H23NO4S/c1-4-6-7-8-16-15(5-2)21-17(22-16)18-23(19,20)14-11-9-13(3)10-12-14/h5,9-12,15-16H,2,4,6-8H2,1,3H3/b18-17+/t15-,16-/m1/s1. The summed E-state index contributed by atoms with van der Waals surface area (Å²) in [5.74, 6) is 0. The van der Waals surface area contributed by atoms with E-state index in [2.05, 4.69) is 17.9 Å². The Morgan fingerprint density at radius 1 is 1.22 bits per heavy atom. The Kier molecular flexibility index (Phi) is 5.82. The van der Waals surface area contributed by atoms with Crippen molar-refractivity contribution in [3.8, 4) is 0 Å². The topological polar surface area (TPSA) is 65.0 Å². The molecule has 6 heteroatoms. The Hall–Kier alpha value is -1.82. The molecule has 0 aromatic heterocycles. The highest BCUT2D eigenvalue weighted by atomic mass is 32.2. The maximum absolute atomic E-state index is 12.3. The lowest BCUT2D eigenvalue weighted by Crippen LogP contribution is -2.19. The number of hydrogen-bond acceptors (Lipinski definition) is 4. The van der Waals surface area contributed by atoms with Gasteiger partial charge in [-0.3, -0.25) is 0 Å². The Balaban J connectivity index is 2.12. The van der Waals surface area contributed by atoms with Crippen LogP contribution in [0.25, 0.3) is 0 Å². The third-order valence-corrected chi connectivity index (χ3v) is 4.95. The van der Waals surface area contributed by atoms with Gasteiger partial charge in [0.1, 0.15) is 6.10 Å². The van der Waals surface area contributed by atoms with Crippen LogP contribution in [0.15, 0.2) is 46.2 Å². The summed E-state index contributed by atoms with van der Waals surface area (Å²) in [4.78, 5) is 0.118. The van der Waals surface area contributed by atoms with E-state index in [9.17, 15) is 8.42 Å². The molecule has 2 atom stereocenters. The second-order valence-electron chi connectivity index (χ2n) is 5.62. The zero-order valence-corrected chi connectivity index (χ0v) is 14.4. The van der Waals surface area contributed by atoms with Gasteiger partial charge in [-0.15, -0.1) is 0 Å². The third-order valence-electron chi connectivity index (χ3n) is 3.69. The van der Waals surface area contributed by atoms with Crippen LogP contribution in [0, 0.1) is 6.92 Å². The van der Waals surface area contributed by atoms with Gasteiger partial charge in [-0.1, -0.05) is 48.4 Å². The van der Waals surface area contributed by atoms with E-state index in [1.165, 1.54) is 12.1 Å². The molecule has 1 fully saturated rings. The van der Waals surface area contributed by atoms with Gasteiger partial charge in [-0.05, 0) is 38.0 Å². The van der Waals surface area contributed by atoms with Crippen molar-refractivity contribution in [2.24, 2.45) is 4.40 Å². The molecule has 1 aromatic rings. The van der Waals surface area contributed by atoms with Crippen molar-refractivity contribution < 1.29 is 17.9 Å². The lowest BCUT2D eigenvalue weighted by atomic mass is 10.1. The summed E-state index contributed by atoms with van der Waals surface area (Å²) >= 11 is 0. The molecule has 1 heterocycles. The van der Waals surface area contributed by atoms with Gasteiger partial charge in [0.15, 0.2) is 6.10 Å². The van der Waals surface area contributed by atoms with Crippen LogP contribution in [0.1, 0.15) is 38.2 Å². The van der Waals surface area contributed by atoms with Gasteiger partial charge in [-0.25, -0.2) is 0 Å². The summed E-state index contributed by atoms with van der Waals surface area (Å²) in [7, 11) is -3.84. The minimum absolute atomic E-state index is 0.118. The highest BCUT2D eigenvalue weighted by molar-refractivity contribution is 7.90. The molecule has 0 aliphatic carbocycles. The third kappa shape index (κ3) is 4.58. The average Bonchev–Trinajstić information content (AvgIpc) is 2.89. The number of aryl methyl sites for hydroxylation is 1.